The van der Waals surface area contributed by atoms with Gasteiger partial charge < -0.3 is 4.74 Å². The lowest BCUT2D eigenvalue weighted by Gasteiger charge is -2.19. The molecule has 0 fully saturated rings. The van der Waals surface area contributed by atoms with Crippen molar-refractivity contribution in [3.05, 3.63) is 17.5 Å². The number of ether oxygens (including phenoxy) is 1. The number of aryl methyl sites for hydroxylation is 2. The molecule has 0 saturated heterocycles. The highest BCUT2D eigenvalue weighted by Crippen LogP contribution is 2.07. The molecule has 1 atom stereocenters. The van der Waals surface area contributed by atoms with Crippen molar-refractivity contribution in [2.24, 2.45) is 7.05 Å². The minimum absolute atomic E-state index is 0.0318. The molecule has 0 aromatic carbocycles. The summed E-state index contributed by atoms with van der Waals surface area (Å²) in [5.41, 5.74) is 2.24. The van der Waals surface area contributed by atoms with Crippen LogP contribution in [0.15, 0.2) is 6.07 Å². The van der Waals surface area contributed by atoms with E-state index in [1.165, 1.54) is 5.69 Å². The lowest BCUT2D eigenvalue weighted by atomic mass is 10.3. The number of methoxy groups -OCH3 is 1. The normalized spacial score (nSPS) is 13.4. The molecule has 0 saturated carbocycles. The quantitative estimate of drug-likeness (QED) is 0.710. The number of nitrogens with zero attached hydrogens (tertiary/aromatic N) is 3. The van der Waals surface area contributed by atoms with E-state index in [0.717, 1.165) is 18.8 Å². The first kappa shape index (κ1) is 13.5. The lowest BCUT2D eigenvalue weighted by Crippen LogP contribution is -2.29. The van der Waals surface area contributed by atoms with Gasteiger partial charge in [-0.3, -0.25) is 9.58 Å². The summed E-state index contributed by atoms with van der Waals surface area (Å²) in [6.45, 7) is 4.24. The van der Waals surface area contributed by atoms with E-state index < -0.39 is 0 Å². The Bertz CT molecular complexity index is 327. The molecular formula is C11H20ClN3O. The highest BCUT2D eigenvalue weighted by molar-refractivity contribution is 6.20. The van der Waals surface area contributed by atoms with Crippen molar-refractivity contribution in [3.63, 3.8) is 0 Å². The van der Waals surface area contributed by atoms with Gasteiger partial charge in [0.1, 0.15) is 0 Å². The average Bonchev–Trinajstić information content (AvgIpc) is 2.44. The molecule has 1 rings (SSSR count). The van der Waals surface area contributed by atoms with Gasteiger partial charge in [-0.05, 0) is 20.0 Å². The Hall–Kier alpha value is -0.580. The number of halogens is 1. The van der Waals surface area contributed by atoms with E-state index in [2.05, 4.69) is 16.1 Å². The molecular weight excluding hydrogens is 226 g/mol. The Kier molecular flexibility index (Phi) is 5.25. The SMILES string of the molecule is COCC(Cl)CN(C)Cc1cc(C)nn1C. The van der Waals surface area contributed by atoms with Crippen LogP contribution in [0.3, 0.4) is 0 Å². The van der Waals surface area contributed by atoms with Gasteiger partial charge in [0.2, 0.25) is 0 Å². The maximum absolute atomic E-state index is 6.10. The number of alkyl halides is 1. The Labute approximate surface area is 102 Å². The van der Waals surface area contributed by atoms with E-state index in [1.807, 2.05) is 25.7 Å². The standard InChI is InChI=1S/C11H20ClN3O/c1-9-5-11(15(3)13-9)7-14(2)6-10(12)8-16-4/h5,10H,6-8H2,1-4H3. The molecule has 0 aliphatic heterocycles. The van der Waals surface area contributed by atoms with E-state index in [0.29, 0.717) is 6.61 Å². The van der Waals surface area contributed by atoms with Gasteiger partial charge in [-0.25, -0.2) is 0 Å². The molecule has 1 aromatic heterocycles. The molecule has 5 heteroatoms. The maximum atomic E-state index is 6.10. The van der Waals surface area contributed by atoms with Crippen LogP contribution in [0.4, 0.5) is 0 Å². The minimum atomic E-state index is 0.0318. The third kappa shape index (κ3) is 4.12. The summed E-state index contributed by atoms with van der Waals surface area (Å²) in [6, 6.07) is 2.09. The van der Waals surface area contributed by atoms with Gasteiger partial charge in [-0.2, -0.15) is 5.10 Å². The van der Waals surface area contributed by atoms with Crippen molar-refractivity contribution in [3.8, 4) is 0 Å². The highest BCUT2D eigenvalue weighted by atomic mass is 35.5. The van der Waals surface area contributed by atoms with Crippen molar-refractivity contribution >= 4 is 11.6 Å². The van der Waals surface area contributed by atoms with Crippen LogP contribution in [0, 0.1) is 6.92 Å². The Morgan fingerprint density at radius 3 is 2.81 bits per heavy atom. The second-order valence-electron chi connectivity index (χ2n) is 4.15. The summed E-state index contributed by atoms with van der Waals surface area (Å²) in [6.07, 6.45) is 0. The summed E-state index contributed by atoms with van der Waals surface area (Å²) in [5, 5.41) is 4.34. The molecule has 0 aliphatic rings. The van der Waals surface area contributed by atoms with E-state index in [-0.39, 0.29) is 5.38 Å². The van der Waals surface area contributed by atoms with Crippen molar-refractivity contribution in [1.29, 1.82) is 0 Å². The first-order valence-corrected chi connectivity index (χ1v) is 5.77. The molecule has 4 nitrogen and oxygen atoms in total. The third-order valence-electron chi connectivity index (χ3n) is 2.39. The average molecular weight is 246 g/mol. The largest absolute Gasteiger partial charge is 0.383 e. The predicted molar refractivity (Wildman–Crippen MR) is 65.8 cm³/mol. The first-order chi connectivity index (χ1) is 7.52. The molecule has 16 heavy (non-hydrogen) atoms. The van der Waals surface area contributed by atoms with Crippen molar-refractivity contribution in [2.75, 3.05) is 27.3 Å². The summed E-state index contributed by atoms with van der Waals surface area (Å²) in [5.74, 6) is 0. The van der Waals surface area contributed by atoms with Crippen LogP contribution in [-0.4, -0.2) is 47.4 Å². The summed E-state index contributed by atoms with van der Waals surface area (Å²) in [7, 11) is 5.68. The van der Waals surface area contributed by atoms with Crippen molar-refractivity contribution in [2.45, 2.75) is 18.8 Å². The topological polar surface area (TPSA) is 30.3 Å². The monoisotopic (exact) mass is 245 g/mol. The van der Waals surface area contributed by atoms with Crippen LogP contribution >= 0.6 is 11.6 Å². The van der Waals surface area contributed by atoms with Crippen LogP contribution in [-0.2, 0) is 18.3 Å². The summed E-state index contributed by atoms with van der Waals surface area (Å²) in [4.78, 5) is 2.17. The first-order valence-electron chi connectivity index (χ1n) is 5.34. The second kappa shape index (κ2) is 6.23. The minimum Gasteiger partial charge on any atom is -0.383 e. The molecule has 0 bridgehead atoms. The van der Waals surface area contributed by atoms with E-state index in [9.17, 15) is 0 Å². The van der Waals surface area contributed by atoms with Gasteiger partial charge in [-0.1, -0.05) is 0 Å². The smallest absolute Gasteiger partial charge is 0.0696 e. The highest BCUT2D eigenvalue weighted by Gasteiger charge is 2.10. The number of hydrogen-bond donors (Lipinski definition) is 0. The van der Waals surface area contributed by atoms with Crippen LogP contribution in [0.25, 0.3) is 0 Å². The van der Waals surface area contributed by atoms with Gasteiger partial charge >= 0.3 is 0 Å². The van der Waals surface area contributed by atoms with Gasteiger partial charge in [-0.15, -0.1) is 11.6 Å². The van der Waals surface area contributed by atoms with E-state index in [1.54, 1.807) is 7.11 Å². The molecule has 0 amide bonds. The van der Waals surface area contributed by atoms with Gasteiger partial charge in [0, 0.05) is 27.2 Å². The molecule has 0 spiro atoms. The maximum Gasteiger partial charge on any atom is 0.0696 e. The Morgan fingerprint density at radius 1 is 1.62 bits per heavy atom. The summed E-state index contributed by atoms with van der Waals surface area (Å²) < 4.78 is 6.91. The second-order valence-corrected chi connectivity index (χ2v) is 4.77. The van der Waals surface area contributed by atoms with Crippen LogP contribution < -0.4 is 0 Å². The van der Waals surface area contributed by atoms with Crippen LogP contribution in [0.5, 0.6) is 0 Å². The fraction of sp³-hybridized carbons (Fsp3) is 0.727. The Balaban J connectivity index is 2.45. The predicted octanol–water partition coefficient (Wildman–Crippen LogP) is 1.41. The molecule has 92 valence electrons. The number of rotatable bonds is 6. The molecule has 1 unspecified atom stereocenters. The zero-order chi connectivity index (χ0) is 12.1. The van der Waals surface area contributed by atoms with Gasteiger partial charge in [0.15, 0.2) is 0 Å². The van der Waals surface area contributed by atoms with Gasteiger partial charge in [0.25, 0.3) is 0 Å². The fourth-order valence-corrected chi connectivity index (χ4v) is 2.09. The molecule has 1 aromatic rings. The molecule has 1 heterocycles. The third-order valence-corrected chi connectivity index (χ3v) is 2.65. The van der Waals surface area contributed by atoms with Gasteiger partial charge in [0.05, 0.1) is 23.4 Å². The zero-order valence-electron chi connectivity index (χ0n) is 10.4. The Morgan fingerprint density at radius 2 is 2.31 bits per heavy atom. The molecule has 0 radical (unpaired) electrons. The van der Waals surface area contributed by atoms with Crippen LogP contribution in [0.2, 0.25) is 0 Å². The van der Waals surface area contributed by atoms with Crippen molar-refractivity contribution < 1.29 is 4.74 Å². The van der Waals surface area contributed by atoms with Crippen molar-refractivity contribution in [1.82, 2.24) is 14.7 Å². The van der Waals surface area contributed by atoms with Crippen LogP contribution in [0.1, 0.15) is 11.4 Å². The lowest BCUT2D eigenvalue weighted by molar-refractivity contribution is 0.180. The van der Waals surface area contributed by atoms with E-state index in [4.69, 9.17) is 16.3 Å². The number of aromatic nitrogens is 2. The summed E-state index contributed by atoms with van der Waals surface area (Å²) >= 11 is 6.10. The van der Waals surface area contributed by atoms with E-state index >= 15 is 0 Å². The molecule has 0 N–H and O–H groups in total. The number of hydrogen-bond acceptors (Lipinski definition) is 3. The fourth-order valence-electron chi connectivity index (χ4n) is 1.73. The zero-order valence-corrected chi connectivity index (χ0v) is 11.2. The molecule has 0 aliphatic carbocycles.